The van der Waals surface area contributed by atoms with E-state index in [2.05, 4.69) is 51.0 Å². The summed E-state index contributed by atoms with van der Waals surface area (Å²) in [6, 6.07) is 8.63. The Balaban J connectivity index is 1.72. The normalized spacial score (nSPS) is 14.9. The minimum atomic E-state index is 0.899. The number of anilines is 3. The van der Waals surface area contributed by atoms with Crippen molar-refractivity contribution in [2.24, 2.45) is 0 Å². The zero-order valence-corrected chi connectivity index (χ0v) is 11.3. The molecule has 1 saturated heterocycles. The molecule has 0 amide bonds. The zero-order chi connectivity index (χ0) is 13.1. The number of hydrogen-bond donors (Lipinski definition) is 1. The number of aromatic nitrogens is 2. The fourth-order valence-corrected chi connectivity index (χ4v) is 2.55. The van der Waals surface area contributed by atoms with Gasteiger partial charge in [0.1, 0.15) is 0 Å². The standard InChI is InChI=1S/C15H20N4/c1-2-18-12-9-16-15(18)17-13-5-7-14(8-6-13)19-10-3-4-11-19/h5-9,12H,2-4,10-11H2,1H3,(H,16,17). The average molecular weight is 256 g/mol. The molecule has 4 heteroatoms. The van der Waals surface area contributed by atoms with E-state index in [1.54, 1.807) is 0 Å². The van der Waals surface area contributed by atoms with E-state index in [-0.39, 0.29) is 0 Å². The van der Waals surface area contributed by atoms with Gasteiger partial charge in [-0.15, -0.1) is 0 Å². The molecule has 0 radical (unpaired) electrons. The molecule has 0 atom stereocenters. The monoisotopic (exact) mass is 256 g/mol. The summed E-state index contributed by atoms with van der Waals surface area (Å²) in [6.07, 6.45) is 6.44. The number of imidazole rings is 1. The minimum Gasteiger partial charge on any atom is -0.372 e. The molecule has 0 aliphatic carbocycles. The van der Waals surface area contributed by atoms with Gasteiger partial charge in [-0.1, -0.05) is 0 Å². The van der Waals surface area contributed by atoms with Crippen LogP contribution in [0, 0.1) is 0 Å². The summed E-state index contributed by atoms with van der Waals surface area (Å²) in [5, 5.41) is 3.35. The van der Waals surface area contributed by atoms with E-state index in [1.165, 1.54) is 31.6 Å². The van der Waals surface area contributed by atoms with Crippen molar-refractivity contribution >= 4 is 17.3 Å². The molecule has 3 rings (SSSR count). The van der Waals surface area contributed by atoms with Crippen LogP contribution in [0.5, 0.6) is 0 Å². The second-order valence-corrected chi connectivity index (χ2v) is 4.90. The largest absolute Gasteiger partial charge is 0.372 e. The SMILES string of the molecule is CCn1ccnc1Nc1ccc(N2CCCC2)cc1. The Bertz CT molecular complexity index is 523. The van der Waals surface area contributed by atoms with Crippen molar-refractivity contribution in [2.75, 3.05) is 23.3 Å². The summed E-state index contributed by atoms with van der Waals surface area (Å²) in [6.45, 7) is 5.41. The van der Waals surface area contributed by atoms with Crippen LogP contribution in [-0.4, -0.2) is 22.6 Å². The lowest BCUT2D eigenvalue weighted by atomic mass is 10.2. The van der Waals surface area contributed by atoms with E-state index in [1.807, 2.05) is 12.4 Å². The van der Waals surface area contributed by atoms with Gasteiger partial charge in [0.05, 0.1) is 0 Å². The molecule has 0 spiro atoms. The molecule has 1 aliphatic heterocycles. The molecular formula is C15H20N4. The molecule has 1 aromatic heterocycles. The maximum Gasteiger partial charge on any atom is 0.207 e. The van der Waals surface area contributed by atoms with Crippen molar-refractivity contribution in [1.82, 2.24) is 9.55 Å². The van der Waals surface area contributed by atoms with Gasteiger partial charge >= 0.3 is 0 Å². The second kappa shape index (κ2) is 5.34. The molecule has 19 heavy (non-hydrogen) atoms. The fraction of sp³-hybridized carbons (Fsp3) is 0.400. The molecule has 2 heterocycles. The molecule has 0 bridgehead atoms. The number of aryl methyl sites for hydroxylation is 1. The number of benzene rings is 1. The summed E-state index contributed by atoms with van der Waals surface area (Å²) < 4.78 is 2.09. The first-order valence-corrected chi connectivity index (χ1v) is 7.00. The lowest BCUT2D eigenvalue weighted by Gasteiger charge is -2.18. The van der Waals surface area contributed by atoms with Crippen molar-refractivity contribution < 1.29 is 0 Å². The quantitative estimate of drug-likeness (QED) is 0.911. The third kappa shape index (κ3) is 2.57. The molecule has 1 aliphatic rings. The van der Waals surface area contributed by atoms with Crippen molar-refractivity contribution in [3.8, 4) is 0 Å². The van der Waals surface area contributed by atoms with Gasteiger partial charge in [-0.2, -0.15) is 0 Å². The molecule has 100 valence electrons. The lowest BCUT2D eigenvalue weighted by Crippen LogP contribution is -2.17. The van der Waals surface area contributed by atoms with Crippen LogP contribution < -0.4 is 10.2 Å². The fourth-order valence-electron chi connectivity index (χ4n) is 2.55. The third-order valence-electron chi connectivity index (χ3n) is 3.65. The highest BCUT2D eigenvalue weighted by Crippen LogP contribution is 2.23. The van der Waals surface area contributed by atoms with Crippen molar-refractivity contribution in [1.29, 1.82) is 0 Å². The molecule has 1 fully saturated rings. The van der Waals surface area contributed by atoms with Crippen LogP contribution in [0.4, 0.5) is 17.3 Å². The molecule has 2 aromatic rings. The van der Waals surface area contributed by atoms with Gasteiger partial charge in [0.2, 0.25) is 5.95 Å². The Hall–Kier alpha value is -1.97. The Morgan fingerprint density at radius 2 is 1.89 bits per heavy atom. The van der Waals surface area contributed by atoms with E-state index in [9.17, 15) is 0 Å². The Kier molecular flexibility index (Phi) is 3.40. The smallest absolute Gasteiger partial charge is 0.207 e. The first-order valence-electron chi connectivity index (χ1n) is 7.00. The van der Waals surface area contributed by atoms with E-state index in [0.29, 0.717) is 0 Å². The highest BCUT2D eigenvalue weighted by molar-refractivity contribution is 5.59. The van der Waals surface area contributed by atoms with Crippen LogP contribution in [0.25, 0.3) is 0 Å². The third-order valence-corrected chi connectivity index (χ3v) is 3.65. The molecule has 1 aromatic carbocycles. The Morgan fingerprint density at radius 1 is 1.16 bits per heavy atom. The number of rotatable bonds is 4. The lowest BCUT2D eigenvalue weighted by molar-refractivity contribution is 0.772. The first-order chi connectivity index (χ1) is 9.36. The second-order valence-electron chi connectivity index (χ2n) is 4.90. The van der Waals surface area contributed by atoms with Gasteiger partial charge in [0.25, 0.3) is 0 Å². The van der Waals surface area contributed by atoms with E-state index < -0.39 is 0 Å². The van der Waals surface area contributed by atoms with Gasteiger partial charge in [-0.3, -0.25) is 0 Å². The predicted octanol–water partition coefficient (Wildman–Crippen LogP) is 3.25. The highest BCUT2D eigenvalue weighted by atomic mass is 15.2. The van der Waals surface area contributed by atoms with Gasteiger partial charge in [0, 0.05) is 43.4 Å². The highest BCUT2D eigenvalue weighted by Gasteiger charge is 2.11. The molecule has 0 saturated carbocycles. The first kappa shape index (κ1) is 12.1. The van der Waals surface area contributed by atoms with Gasteiger partial charge < -0.3 is 14.8 Å². The van der Waals surface area contributed by atoms with Crippen LogP contribution >= 0.6 is 0 Å². The number of nitrogens with zero attached hydrogens (tertiary/aromatic N) is 3. The zero-order valence-electron chi connectivity index (χ0n) is 11.3. The van der Waals surface area contributed by atoms with E-state index in [4.69, 9.17) is 0 Å². The van der Waals surface area contributed by atoms with Crippen LogP contribution in [-0.2, 0) is 6.54 Å². The summed E-state index contributed by atoms with van der Waals surface area (Å²) in [5.41, 5.74) is 2.41. The molecular weight excluding hydrogens is 236 g/mol. The van der Waals surface area contributed by atoms with Gasteiger partial charge in [-0.25, -0.2) is 4.98 Å². The molecule has 0 unspecified atom stereocenters. The predicted molar refractivity (Wildman–Crippen MR) is 79.1 cm³/mol. The summed E-state index contributed by atoms with van der Waals surface area (Å²) >= 11 is 0. The Morgan fingerprint density at radius 3 is 2.58 bits per heavy atom. The maximum atomic E-state index is 4.32. The molecule has 4 nitrogen and oxygen atoms in total. The van der Waals surface area contributed by atoms with Crippen molar-refractivity contribution in [3.05, 3.63) is 36.7 Å². The van der Waals surface area contributed by atoms with Crippen LogP contribution in [0.15, 0.2) is 36.7 Å². The minimum absolute atomic E-state index is 0.899. The van der Waals surface area contributed by atoms with E-state index >= 15 is 0 Å². The van der Waals surface area contributed by atoms with Crippen molar-refractivity contribution in [2.45, 2.75) is 26.3 Å². The number of nitrogens with one attached hydrogen (secondary N) is 1. The van der Waals surface area contributed by atoms with Crippen molar-refractivity contribution in [3.63, 3.8) is 0 Å². The topological polar surface area (TPSA) is 33.1 Å². The van der Waals surface area contributed by atoms with Gasteiger partial charge in [-0.05, 0) is 44.0 Å². The van der Waals surface area contributed by atoms with Crippen LogP contribution in [0.2, 0.25) is 0 Å². The van der Waals surface area contributed by atoms with Crippen LogP contribution in [0.1, 0.15) is 19.8 Å². The molecule has 1 N–H and O–H groups in total. The van der Waals surface area contributed by atoms with Gasteiger partial charge in [0.15, 0.2) is 0 Å². The number of hydrogen-bond acceptors (Lipinski definition) is 3. The summed E-state index contributed by atoms with van der Waals surface area (Å²) in [7, 11) is 0. The summed E-state index contributed by atoms with van der Waals surface area (Å²) in [4.78, 5) is 6.76. The van der Waals surface area contributed by atoms with Crippen LogP contribution in [0.3, 0.4) is 0 Å². The average Bonchev–Trinajstić information content (AvgIpc) is 3.10. The Labute approximate surface area is 114 Å². The summed E-state index contributed by atoms with van der Waals surface area (Å²) in [5.74, 6) is 0.899. The maximum absolute atomic E-state index is 4.32. The van der Waals surface area contributed by atoms with E-state index in [0.717, 1.165) is 18.2 Å².